The molecule has 3 aromatic rings. The minimum atomic E-state index is -0.582. The molecule has 0 atom stereocenters. The van der Waals surface area contributed by atoms with Crippen molar-refractivity contribution < 1.29 is 14.6 Å². The summed E-state index contributed by atoms with van der Waals surface area (Å²) in [5.74, 6) is -0.766. The average Bonchev–Trinajstić information content (AvgIpc) is 3.07. The van der Waals surface area contributed by atoms with Crippen molar-refractivity contribution in [3.8, 4) is 6.07 Å². The number of aromatic amines is 1. The molecule has 0 radical (unpaired) electrons. The van der Waals surface area contributed by atoms with Gasteiger partial charge in [0.15, 0.2) is 11.6 Å². The number of H-pyrrole nitrogens is 1. The van der Waals surface area contributed by atoms with E-state index in [0.29, 0.717) is 21.1 Å². The lowest BCUT2D eigenvalue weighted by atomic mass is 10.1. The summed E-state index contributed by atoms with van der Waals surface area (Å²) in [6, 6.07) is 13.9. The second-order valence-corrected chi connectivity index (χ2v) is 6.44. The number of carbonyl (C=O) groups is 1. The smallest absolute Gasteiger partial charge is 0.310 e. The molecule has 0 saturated carbocycles. The van der Waals surface area contributed by atoms with E-state index in [1.807, 2.05) is 18.2 Å². The fraction of sp³-hybridized carbons (Fsp3) is 0.105. The number of aromatic nitrogens is 2. The Labute approximate surface area is 164 Å². The average molecular weight is 402 g/mol. The zero-order valence-electron chi connectivity index (χ0n) is 13.9. The van der Waals surface area contributed by atoms with Crippen LogP contribution in [0.4, 0.5) is 0 Å². The molecule has 3 rings (SSSR count). The van der Waals surface area contributed by atoms with E-state index >= 15 is 0 Å². The Kier molecular flexibility index (Phi) is 5.65. The van der Waals surface area contributed by atoms with E-state index in [2.05, 4.69) is 9.97 Å². The molecule has 1 heterocycles. The third kappa shape index (κ3) is 4.40. The predicted octanol–water partition coefficient (Wildman–Crippen LogP) is 4.45. The molecule has 0 spiro atoms. The van der Waals surface area contributed by atoms with Gasteiger partial charge in [-0.25, -0.2) is 4.98 Å². The van der Waals surface area contributed by atoms with Gasteiger partial charge in [-0.05, 0) is 29.8 Å². The number of nitrogens with one attached hydrogen (secondary N) is 1. The van der Waals surface area contributed by atoms with Gasteiger partial charge in [0.1, 0.15) is 18.2 Å². The maximum absolute atomic E-state index is 12.0. The zero-order valence-corrected chi connectivity index (χ0v) is 15.4. The van der Waals surface area contributed by atoms with Crippen LogP contribution in [0.1, 0.15) is 11.4 Å². The lowest BCUT2D eigenvalue weighted by Gasteiger charge is -2.06. The molecule has 0 aliphatic carbocycles. The quantitative estimate of drug-likeness (QED) is 0.373. The third-order valence-electron chi connectivity index (χ3n) is 3.73. The molecule has 27 heavy (non-hydrogen) atoms. The highest BCUT2D eigenvalue weighted by Crippen LogP contribution is 2.23. The number of imidazole rings is 1. The van der Waals surface area contributed by atoms with E-state index in [1.165, 1.54) is 0 Å². The highest BCUT2D eigenvalue weighted by molar-refractivity contribution is 6.42. The van der Waals surface area contributed by atoms with E-state index in [4.69, 9.17) is 27.9 Å². The summed E-state index contributed by atoms with van der Waals surface area (Å²) in [6.45, 7) is -0.444. The summed E-state index contributed by atoms with van der Waals surface area (Å²) in [4.78, 5) is 19.2. The number of hydrogen-bond donors (Lipinski definition) is 2. The number of aliphatic hydroxyl groups excluding tert-OH is 1. The number of aliphatic hydroxyl groups is 1. The Morgan fingerprint density at radius 3 is 2.70 bits per heavy atom. The van der Waals surface area contributed by atoms with E-state index in [9.17, 15) is 15.2 Å². The van der Waals surface area contributed by atoms with Crippen LogP contribution in [-0.2, 0) is 16.0 Å². The first-order valence-corrected chi connectivity index (χ1v) is 8.60. The number of esters is 1. The van der Waals surface area contributed by atoms with Gasteiger partial charge >= 0.3 is 5.97 Å². The van der Waals surface area contributed by atoms with Crippen molar-refractivity contribution >= 4 is 45.8 Å². The molecule has 0 aliphatic heterocycles. The molecule has 0 saturated heterocycles. The second kappa shape index (κ2) is 8.12. The van der Waals surface area contributed by atoms with Gasteiger partial charge in [0.05, 0.1) is 27.5 Å². The van der Waals surface area contributed by atoms with Crippen molar-refractivity contribution in [2.45, 2.75) is 6.42 Å². The summed E-state index contributed by atoms with van der Waals surface area (Å²) in [5, 5.41) is 20.2. The molecule has 6 nitrogen and oxygen atoms in total. The van der Waals surface area contributed by atoms with Crippen molar-refractivity contribution in [2.24, 2.45) is 0 Å². The number of para-hydroxylation sites is 2. The fourth-order valence-corrected chi connectivity index (χ4v) is 2.73. The first-order valence-electron chi connectivity index (χ1n) is 7.85. The largest absolute Gasteiger partial charge is 0.507 e. The number of benzene rings is 2. The van der Waals surface area contributed by atoms with E-state index in [0.717, 1.165) is 5.52 Å². The van der Waals surface area contributed by atoms with Gasteiger partial charge in [0.25, 0.3) is 0 Å². The summed E-state index contributed by atoms with van der Waals surface area (Å²) >= 11 is 11.7. The fourth-order valence-electron chi connectivity index (χ4n) is 2.41. The summed E-state index contributed by atoms with van der Waals surface area (Å²) in [7, 11) is 0. The van der Waals surface area contributed by atoms with Crippen molar-refractivity contribution in [2.75, 3.05) is 6.61 Å². The first-order chi connectivity index (χ1) is 13.0. The Hall–Kier alpha value is -3.01. The molecule has 2 N–H and O–H groups in total. The van der Waals surface area contributed by atoms with Gasteiger partial charge in [0.2, 0.25) is 0 Å². The minimum Gasteiger partial charge on any atom is -0.507 e. The standard InChI is InChI=1S/C19H13Cl2N3O3/c20-13-6-5-11(7-14(13)21)8-18(26)27-10-17(25)12(9-22)19-23-15-3-1-2-4-16(15)24-19/h1-7,25H,8,10H2,(H,23,24)/b17-12-. The van der Waals surface area contributed by atoms with Crippen LogP contribution >= 0.6 is 23.2 Å². The maximum Gasteiger partial charge on any atom is 0.310 e. The Morgan fingerprint density at radius 2 is 2.00 bits per heavy atom. The molecule has 2 aromatic carbocycles. The van der Waals surface area contributed by atoms with E-state index < -0.39 is 12.6 Å². The van der Waals surface area contributed by atoms with Gasteiger partial charge in [-0.15, -0.1) is 0 Å². The number of ether oxygens (including phenoxy) is 1. The van der Waals surface area contributed by atoms with Crippen LogP contribution in [0.5, 0.6) is 0 Å². The van der Waals surface area contributed by atoms with E-state index in [-0.39, 0.29) is 23.6 Å². The molecule has 0 unspecified atom stereocenters. The molecule has 136 valence electrons. The topological polar surface area (TPSA) is 99.0 Å². The van der Waals surface area contributed by atoms with Gasteiger partial charge < -0.3 is 14.8 Å². The van der Waals surface area contributed by atoms with Crippen molar-refractivity contribution in [3.05, 3.63) is 69.7 Å². The molecular weight excluding hydrogens is 389 g/mol. The van der Waals surface area contributed by atoms with Gasteiger partial charge in [-0.1, -0.05) is 41.4 Å². The Balaban J connectivity index is 1.70. The molecule has 0 bridgehead atoms. The second-order valence-electron chi connectivity index (χ2n) is 5.62. The highest BCUT2D eigenvalue weighted by Gasteiger charge is 2.15. The number of carbonyl (C=O) groups excluding carboxylic acids is 1. The van der Waals surface area contributed by atoms with Crippen LogP contribution in [0.15, 0.2) is 48.2 Å². The van der Waals surface area contributed by atoms with Crippen LogP contribution in [0.25, 0.3) is 16.6 Å². The van der Waals surface area contributed by atoms with Crippen LogP contribution in [0, 0.1) is 11.3 Å². The molecule has 8 heteroatoms. The number of fused-ring (bicyclic) bond motifs is 1. The molecule has 1 aromatic heterocycles. The van der Waals surface area contributed by atoms with Gasteiger partial charge in [-0.3, -0.25) is 4.79 Å². The van der Waals surface area contributed by atoms with Gasteiger partial charge in [0, 0.05) is 0 Å². The van der Waals surface area contributed by atoms with Gasteiger partial charge in [-0.2, -0.15) is 5.26 Å². The number of halogens is 2. The van der Waals surface area contributed by atoms with Crippen LogP contribution in [0.2, 0.25) is 10.0 Å². The van der Waals surface area contributed by atoms with Crippen molar-refractivity contribution in [1.82, 2.24) is 9.97 Å². The zero-order chi connectivity index (χ0) is 19.4. The predicted molar refractivity (Wildman–Crippen MR) is 102 cm³/mol. The SMILES string of the molecule is N#C/C(=C(/O)COC(=O)Cc1ccc(Cl)c(Cl)c1)c1nc2ccccc2[nH]1. The van der Waals surface area contributed by atoms with Crippen molar-refractivity contribution in [3.63, 3.8) is 0 Å². The van der Waals surface area contributed by atoms with Crippen molar-refractivity contribution in [1.29, 1.82) is 5.26 Å². The Bertz CT molecular complexity index is 1050. The number of allylic oxidation sites excluding steroid dienone is 1. The minimum absolute atomic E-state index is 0.0449. The Morgan fingerprint density at radius 1 is 1.22 bits per heavy atom. The highest BCUT2D eigenvalue weighted by atomic mass is 35.5. The van der Waals surface area contributed by atoms with Crippen LogP contribution in [0.3, 0.4) is 0 Å². The normalized spacial score (nSPS) is 11.7. The summed E-state index contributed by atoms with van der Waals surface area (Å²) in [6.07, 6.45) is -0.0449. The third-order valence-corrected chi connectivity index (χ3v) is 4.47. The number of nitrogens with zero attached hydrogens (tertiary/aromatic N) is 2. The lowest BCUT2D eigenvalue weighted by molar-refractivity contribution is -0.142. The number of hydrogen-bond acceptors (Lipinski definition) is 5. The molecule has 0 fully saturated rings. The van der Waals surface area contributed by atoms with Crippen LogP contribution < -0.4 is 0 Å². The van der Waals surface area contributed by atoms with E-state index in [1.54, 1.807) is 30.3 Å². The summed E-state index contributed by atoms with van der Waals surface area (Å²) in [5.41, 5.74) is 1.92. The monoisotopic (exact) mass is 401 g/mol. The first kappa shape index (κ1) is 18.8. The lowest BCUT2D eigenvalue weighted by Crippen LogP contribution is -2.11. The summed E-state index contributed by atoms with van der Waals surface area (Å²) < 4.78 is 5.04. The molecule has 0 amide bonds. The molecular formula is C19H13Cl2N3O3. The number of rotatable bonds is 5. The number of nitriles is 1. The van der Waals surface area contributed by atoms with Crippen LogP contribution in [-0.4, -0.2) is 27.7 Å². The maximum atomic E-state index is 12.0. The molecule has 0 aliphatic rings.